The number of hydrogen-bond donors (Lipinski definition) is 2. The number of amides is 2. The number of anilines is 1. The molecule has 1 aromatic carbocycles. The molecule has 1 aromatic heterocycles. The molecule has 1 aliphatic rings. The maximum atomic E-state index is 12.4. The van der Waals surface area contributed by atoms with Crippen molar-refractivity contribution >= 4 is 23.5 Å². The van der Waals surface area contributed by atoms with Crippen LogP contribution in [0.2, 0.25) is 0 Å². The third-order valence-electron chi connectivity index (χ3n) is 3.80. The van der Waals surface area contributed by atoms with Crippen molar-refractivity contribution in [3.8, 4) is 0 Å². The zero-order chi connectivity index (χ0) is 18.5. The predicted octanol–water partition coefficient (Wildman–Crippen LogP) is 0.899. The normalized spacial score (nSPS) is 13.9. The molecule has 1 saturated heterocycles. The van der Waals surface area contributed by atoms with Gasteiger partial charge in [0.1, 0.15) is 0 Å². The summed E-state index contributed by atoms with van der Waals surface area (Å²) in [6, 6.07) is 6.34. The van der Waals surface area contributed by atoms with Crippen molar-refractivity contribution in [2.45, 2.75) is 0 Å². The zero-order valence-corrected chi connectivity index (χ0v) is 13.7. The fourth-order valence-electron chi connectivity index (χ4n) is 2.50. The molecule has 0 bridgehead atoms. The van der Waals surface area contributed by atoms with E-state index in [2.05, 4.69) is 15.3 Å². The van der Waals surface area contributed by atoms with E-state index in [1.807, 2.05) is 0 Å². The van der Waals surface area contributed by atoms with Gasteiger partial charge in [0, 0.05) is 36.7 Å². The second-order valence-corrected chi connectivity index (χ2v) is 5.49. The molecule has 1 fully saturated rings. The lowest BCUT2D eigenvalue weighted by atomic mass is 10.1. The average Bonchev–Trinajstić information content (AvgIpc) is 2.68. The molecule has 2 N–H and O–H groups in total. The molecule has 9 heteroatoms. The standard InChI is InChI=1S/C17H16N4O5/c22-15(13-14(17(24)25)19-6-5-18-13)20-12-3-1-11(2-4-12)16(23)21-7-9-26-10-8-21/h1-6H,7-10H2,(H,20,22)(H,24,25). The highest BCUT2D eigenvalue weighted by molar-refractivity contribution is 6.08. The molecule has 2 heterocycles. The molecular formula is C17H16N4O5. The van der Waals surface area contributed by atoms with Crippen molar-refractivity contribution in [2.75, 3.05) is 31.6 Å². The fourth-order valence-corrected chi connectivity index (χ4v) is 2.50. The lowest BCUT2D eigenvalue weighted by Gasteiger charge is -2.26. The lowest BCUT2D eigenvalue weighted by Crippen LogP contribution is -2.40. The van der Waals surface area contributed by atoms with Gasteiger partial charge < -0.3 is 20.1 Å². The monoisotopic (exact) mass is 356 g/mol. The van der Waals surface area contributed by atoms with Crippen molar-refractivity contribution in [2.24, 2.45) is 0 Å². The van der Waals surface area contributed by atoms with Crippen molar-refractivity contribution in [1.82, 2.24) is 14.9 Å². The third kappa shape index (κ3) is 3.83. The van der Waals surface area contributed by atoms with Crippen LogP contribution in [0.4, 0.5) is 5.69 Å². The minimum absolute atomic E-state index is 0.103. The molecule has 1 aliphatic heterocycles. The smallest absolute Gasteiger partial charge is 0.356 e. The van der Waals surface area contributed by atoms with E-state index in [-0.39, 0.29) is 11.6 Å². The highest BCUT2D eigenvalue weighted by Crippen LogP contribution is 2.14. The highest BCUT2D eigenvalue weighted by Gasteiger charge is 2.20. The van der Waals surface area contributed by atoms with Crippen molar-refractivity contribution in [3.63, 3.8) is 0 Å². The van der Waals surface area contributed by atoms with Gasteiger partial charge >= 0.3 is 5.97 Å². The van der Waals surface area contributed by atoms with E-state index in [9.17, 15) is 14.4 Å². The van der Waals surface area contributed by atoms with E-state index in [0.717, 1.165) is 0 Å². The second-order valence-electron chi connectivity index (χ2n) is 5.49. The Balaban J connectivity index is 1.70. The van der Waals surface area contributed by atoms with Gasteiger partial charge in [0.05, 0.1) is 13.2 Å². The fraction of sp³-hybridized carbons (Fsp3) is 0.235. The van der Waals surface area contributed by atoms with Crippen LogP contribution in [0.3, 0.4) is 0 Å². The van der Waals surface area contributed by atoms with Crippen LogP contribution in [0.5, 0.6) is 0 Å². The minimum Gasteiger partial charge on any atom is -0.476 e. The van der Waals surface area contributed by atoms with Gasteiger partial charge in [0.15, 0.2) is 11.4 Å². The molecule has 0 spiro atoms. The molecule has 2 amide bonds. The largest absolute Gasteiger partial charge is 0.476 e. The Morgan fingerprint density at radius 1 is 1.00 bits per heavy atom. The summed E-state index contributed by atoms with van der Waals surface area (Å²) in [5.41, 5.74) is 0.198. The number of carbonyl (C=O) groups is 3. The number of nitrogens with one attached hydrogen (secondary N) is 1. The zero-order valence-electron chi connectivity index (χ0n) is 13.7. The van der Waals surface area contributed by atoms with Gasteiger partial charge in [-0.25, -0.2) is 14.8 Å². The Morgan fingerprint density at radius 3 is 2.23 bits per heavy atom. The number of hydrogen-bond acceptors (Lipinski definition) is 6. The number of carboxylic acids is 1. The summed E-state index contributed by atoms with van der Waals surface area (Å²) in [4.78, 5) is 44.9. The summed E-state index contributed by atoms with van der Waals surface area (Å²) in [5.74, 6) is -2.13. The number of ether oxygens (including phenoxy) is 1. The number of rotatable bonds is 4. The lowest BCUT2D eigenvalue weighted by molar-refractivity contribution is 0.0303. The summed E-state index contributed by atoms with van der Waals surface area (Å²) in [6.45, 7) is 2.12. The van der Waals surface area contributed by atoms with Crippen LogP contribution < -0.4 is 5.32 Å². The number of carbonyl (C=O) groups excluding carboxylic acids is 2. The molecule has 9 nitrogen and oxygen atoms in total. The molecule has 3 rings (SSSR count). The minimum atomic E-state index is -1.34. The number of aromatic nitrogens is 2. The molecule has 134 valence electrons. The van der Waals surface area contributed by atoms with Crippen LogP contribution in [0.25, 0.3) is 0 Å². The summed E-state index contributed by atoms with van der Waals surface area (Å²) in [7, 11) is 0. The number of nitrogens with zero attached hydrogens (tertiary/aromatic N) is 3. The van der Waals surface area contributed by atoms with Crippen molar-refractivity contribution in [3.05, 3.63) is 53.6 Å². The SMILES string of the molecule is O=C(O)c1nccnc1C(=O)Nc1ccc(C(=O)N2CCOCC2)cc1. The number of morpholine rings is 1. The topological polar surface area (TPSA) is 122 Å². The van der Waals surface area contributed by atoms with Crippen molar-refractivity contribution < 1.29 is 24.2 Å². The Bertz CT molecular complexity index is 831. The Labute approximate surface area is 148 Å². The van der Waals surface area contributed by atoms with E-state index in [4.69, 9.17) is 9.84 Å². The first kappa shape index (κ1) is 17.5. The molecular weight excluding hydrogens is 340 g/mol. The highest BCUT2D eigenvalue weighted by atomic mass is 16.5. The molecule has 0 radical (unpaired) electrons. The second kappa shape index (κ2) is 7.70. The Hall–Kier alpha value is -3.33. The van der Waals surface area contributed by atoms with E-state index in [1.165, 1.54) is 12.4 Å². The van der Waals surface area contributed by atoms with E-state index in [0.29, 0.717) is 37.6 Å². The van der Waals surface area contributed by atoms with Gasteiger partial charge in [-0.05, 0) is 24.3 Å². The quantitative estimate of drug-likeness (QED) is 0.834. The van der Waals surface area contributed by atoms with Crippen LogP contribution in [0.1, 0.15) is 31.3 Å². The van der Waals surface area contributed by atoms with E-state index >= 15 is 0 Å². The van der Waals surface area contributed by atoms with Crippen LogP contribution in [-0.4, -0.2) is 64.1 Å². The number of aromatic carboxylic acids is 1. The molecule has 26 heavy (non-hydrogen) atoms. The van der Waals surface area contributed by atoms with Gasteiger partial charge in [-0.15, -0.1) is 0 Å². The van der Waals surface area contributed by atoms with Crippen LogP contribution in [-0.2, 0) is 4.74 Å². The van der Waals surface area contributed by atoms with Gasteiger partial charge in [0.2, 0.25) is 0 Å². The van der Waals surface area contributed by atoms with Gasteiger partial charge in [-0.3, -0.25) is 9.59 Å². The van der Waals surface area contributed by atoms with E-state index in [1.54, 1.807) is 29.2 Å². The number of benzene rings is 1. The van der Waals surface area contributed by atoms with Crippen LogP contribution in [0.15, 0.2) is 36.7 Å². The molecule has 0 unspecified atom stereocenters. The predicted molar refractivity (Wildman–Crippen MR) is 90.1 cm³/mol. The summed E-state index contributed by atoms with van der Waals surface area (Å²) in [5, 5.41) is 11.6. The maximum Gasteiger partial charge on any atom is 0.356 e. The first-order valence-electron chi connectivity index (χ1n) is 7.89. The summed E-state index contributed by atoms with van der Waals surface area (Å²) >= 11 is 0. The molecule has 0 atom stereocenters. The maximum absolute atomic E-state index is 12.4. The van der Waals surface area contributed by atoms with E-state index < -0.39 is 17.6 Å². The summed E-state index contributed by atoms with van der Waals surface area (Å²) in [6.07, 6.45) is 2.44. The molecule has 0 aliphatic carbocycles. The first-order valence-corrected chi connectivity index (χ1v) is 7.89. The number of carboxylic acid groups (broad SMARTS) is 1. The van der Waals surface area contributed by atoms with Gasteiger partial charge in [-0.1, -0.05) is 0 Å². The molecule has 2 aromatic rings. The first-order chi connectivity index (χ1) is 12.6. The average molecular weight is 356 g/mol. The van der Waals surface area contributed by atoms with Crippen molar-refractivity contribution in [1.29, 1.82) is 0 Å². The van der Waals surface area contributed by atoms with Crippen LogP contribution >= 0.6 is 0 Å². The summed E-state index contributed by atoms with van der Waals surface area (Å²) < 4.78 is 5.22. The van der Waals surface area contributed by atoms with Gasteiger partial charge in [0.25, 0.3) is 11.8 Å². The van der Waals surface area contributed by atoms with Crippen LogP contribution in [0, 0.1) is 0 Å². The molecule has 0 saturated carbocycles. The third-order valence-corrected chi connectivity index (χ3v) is 3.80. The Kier molecular flexibility index (Phi) is 5.18. The Morgan fingerprint density at radius 2 is 1.62 bits per heavy atom. The van der Waals surface area contributed by atoms with Gasteiger partial charge in [-0.2, -0.15) is 0 Å².